The zero-order valence-electron chi connectivity index (χ0n) is 39.8. The minimum atomic E-state index is -1.86. The SMILES string of the molecule is C[C@H]1[C@H](C)CC[C@]2(C(=O)O[C@@H]3O[C@H](CO[C@@H]4O[C@H](CO)[C@@H](OC5O[C@@H](C)[C@H](O)[C@@H](O)[C@H]5O)[C@H](O)[C@H]4O)[C@@H](O)[C@H](O)[C@H]3O)CC[C@]3(C)C(=CC[C@@H]4[C@@]5(C)C[C@@H](O)[C@H](O)[C@@](C)(CO)[C@@H]5CC[C@]43C)[C@H]12. The molecule has 8 aliphatic rings. The molecule has 384 valence electrons. The van der Waals surface area contributed by atoms with E-state index in [0.717, 1.165) is 19.3 Å². The molecule has 8 rings (SSSR count). The average molecular weight is 959 g/mol. The van der Waals surface area contributed by atoms with Crippen LogP contribution in [-0.2, 0) is 33.2 Å². The third-order valence-electron chi connectivity index (χ3n) is 19.7. The lowest BCUT2D eigenvalue weighted by atomic mass is 9.33. The first-order valence-corrected chi connectivity index (χ1v) is 24.5. The molecule has 3 saturated heterocycles. The van der Waals surface area contributed by atoms with Crippen molar-refractivity contribution in [1.82, 2.24) is 0 Å². The van der Waals surface area contributed by atoms with Crippen molar-refractivity contribution in [3.05, 3.63) is 11.6 Å². The van der Waals surface area contributed by atoms with Gasteiger partial charge in [-0.15, -0.1) is 0 Å². The second kappa shape index (κ2) is 18.5. The van der Waals surface area contributed by atoms with Gasteiger partial charge in [-0.25, -0.2) is 0 Å². The van der Waals surface area contributed by atoms with Gasteiger partial charge in [-0.2, -0.15) is 0 Å². The van der Waals surface area contributed by atoms with Crippen molar-refractivity contribution < 1.29 is 94.5 Å². The molecule has 3 heterocycles. The molecular weight excluding hydrogens is 881 g/mol. The summed E-state index contributed by atoms with van der Waals surface area (Å²) >= 11 is 0. The van der Waals surface area contributed by atoms with Gasteiger partial charge in [-0.05, 0) is 104 Å². The minimum Gasteiger partial charge on any atom is -0.432 e. The van der Waals surface area contributed by atoms with Crippen LogP contribution in [-0.4, -0.2) is 191 Å². The van der Waals surface area contributed by atoms with Crippen LogP contribution in [0.4, 0.5) is 0 Å². The molecule has 0 aromatic rings. The molecule has 27 atom stereocenters. The number of allylic oxidation sites excluding steroid dienone is 2. The van der Waals surface area contributed by atoms with Crippen molar-refractivity contribution in [3.63, 3.8) is 0 Å². The normalized spacial score (nSPS) is 56.7. The molecule has 0 radical (unpaired) electrons. The van der Waals surface area contributed by atoms with Crippen LogP contribution in [0.3, 0.4) is 0 Å². The summed E-state index contributed by atoms with van der Waals surface area (Å²) in [4.78, 5) is 15.0. The van der Waals surface area contributed by atoms with E-state index in [2.05, 4.69) is 40.7 Å². The lowest BCUT2D eigenvalue weighted by Crippen LogP contribution is -2.68. The lowest BCUT2D eigenvalue weighted by molar-refractivity contribution is -0.361. The van der Waals surface area contributed by atoms with Gasteiger partial charge < -0.3 is 89.7 Å². The maximum Gasteiger partial charge on any atom is 0.315 e. The van der Waals surface area contributed by atoms with Crippen LogP contribution in [0, 0.1) is 56.7 Å². The molecule has 0 aromatic carbocycles. The van der Waals surface area contributed by atoms with Gasteiger partial charge in [0.2, 0.25) is 6.29 Å². The van der Waals surface area contributed by atoms with E-state index in [4.69, 9.17) is 28.4 Å². The quantitative estimate of drug-likeness (QED) is 0.0971. The third kappa shape index (κ3) is 7.92. The molecular formula is C48H78O19. The number of aliphatic hydroxyl groups excluding tert-OH is 12. The molecule has 1 unspecified atom stereocenters. The maximum atomic E-state index is 15.0. The van der Waals surface area contributed by atoms with Crippen LogP contribution >= 0.6 is 0 Å². The molecule has 0 bridgehead atoms. The molecule has 19 heteroatoms. The fraction of sp³-hybridized carbons (Fsp3) is 0.938. The van der Waals surface area contributed by atoms with Crippen molar-refractivity contribution in [1.29, 1.82) is 0 Å². The molecule has 19 nitrogen and oxygen atoms in total. The zero-order chi connectivity index (χ0) is 49.1. The second-order valence-electron chi connectivity index (χ2n) is 22.9. The summed E-state index contributed by atoms with van der Waals surface area (Å²) < 4.78 is 34.7. The third-order valence-corrected chi connectivity index (χ3v) is 19.7. The van der Waals surface area contributed by atoms with E-state index in [-0.39, 0.29) is 52.4 Å². The summed E-state index contributed by atoms with van der Waals surface area (Å²) in [5.74, 6) is -0.386. The highest BCUT2D eigenvalue weighted by atomic mass is 16.8. The van der Waals surface area contributed by atoms with Gasteiger partial charge in [0.1, 0.15) is 67.1 Å². The highest BCUT2D eigenvalue weighted by molar-refractivity contribution is 5.79. The Labute approximate surface area is 392 Å². The van der Waals surface area contributed by atoms with Crippen LogP contribution < -0.4 is 0 Å². The Bertz CT molecular complexity index is 1820. The van der Waals surface area contributed by atoms with E-state index in [9.17, 15) is 61.3 Å². The van der Waals surface area contributed by atoms with Gasteiger partial charge in [0.25, 0.3) is 0 Å². The molecule has 0 aromatic heterocycles. The smallest absolute Gasteiger partial charge is 0.315 e. The average Bonchev–Trinajstić information content (AvgIpc) is 3.29. The Balaban J connectivity index is 0.985. The molecule has 67 heavy (non-hydrogen) atoms. The van der Waals surface area contributed by atoms with E-state index in [1.807, 2.05) is 6.92 Å². The summed E-state index contributed by atoms with van der Waals surface area (Å²) in [5, 5.41) is 130. The molecule has 0 spiro atoms. The minimum absolute atomic E-state index is 0.0112. The fourth-order valence-electron chi connectivity index (χ4n) is 15.2. The highest BCUT2D eigenvalue weighted by Gasteiger charge is 2.71. The molecule has 0 amide bonds. The van der Waals surface area contributed by atoms with Gasteiger partial charge in [0.15, 0.2) is 12.6 Å². The Morgan fingerprint density at radius 3 is 2.01 bits per heavy atom. The van der Waals surface area contributed by atoms with Crippen molar-refractivity contribution in [2.24, 2.45) is 56.7 Å². The Hall–Kier alpha value is -1.47. The topological polar surface area (TPSA) is 315 Å². The summed E-state index contributed by atoms with van der Waals surface area (Å²) in [6, 6.07) is 0. The summed E-state index contributed by atoms with van der Waals surface area (Å²) in [6.07, 6.45) is -18.9. The first kappa shape index (κ1) is 51.9. The van der Waals surface area contributed by atoms with Crippen molar-refractivity contribution in [2.75, 3.05) is 19.8 Å². The van der Waals surface area contributed by atoms with Gasteiger partial charge in [0.05, 0.1) is 43.5 Å². The predicted octanol–water partition coefficient (Wildman–Crippen LogP) is -1.03. The number of hydrogen-bond donors (Lipinski definition) is 12. The number of esters is 1. The number of hydrogen-bond acceptors (Lipinski definition) is 19. The Morgan fingerprint density at radius 2 is 1.34 bits per heavy atom. The molecule has 12 N–H and O–H groups in total. The van der Waals surface area contributed by atoms with Gasteiger partial charge in [-0.3, -0.25) is 4.79 Å². The van der Waals surface area contributed by atoms with E-state index in [1.165, 1.54) is 12.5 Å². The van der Waals surface area contributed by atoms with Gasteiger partial charge in [-0.1, -0.05) is 53.2 Å². The fourth-order valence-corrected chi connectivity index (χ4v) is 15.2. The van der Waals surface area contributed by atoms with Gasteiger partial charge >= 0.3 is 5.97 Å². The van der Waals surface area contributed by atoms with E-state index in [0.29, 0.717) is 32.1 Å². The highest BCUT2D eigenvalue weighted by Crippen LogP contribution is 2.76. The van der Waals surface area contributed by atoms with Crippen LogP contribution in [0.15, 0.2) is 11.6 Å². The molecule has 7 fully saturated rings. The predicted molar refractivity (Wildman–Crippen MR) is 231 cm³/mol. The maximum absolute atomic E-state index is 15.0. The molecule has 4 saturated carbocycles. The number of rotatable bonds is 9. The number of carbonyl (C=O) groups is 1. The first-order valence-electron chi connectivity index (χ1n) is 24.5. The molecule has 3 aliphatic heterocycles. The Morgan fingerprint density at radius 1 is 0.701 bits per heavy atom. The van der Waals surface area contributed by atoms with Crippen LogP contribution in [0.1, 0.15) is 99.8 Å². The standard InChI is InChI=1S/C48H78O19/c1-20-10-13-48(15-14-46(6)23(29(48)21(20)2)8-9-28-44(4)16-24(51)39(60)45(5,19-50)27(44)11-12-47(28,46)7)43(61)67-42-36(58)33(55)31(53)26(65-42)18-62-40-37(59)34(56)38(25(17-49)64-40)66-41-35(57)32(54)30(52)22(3)63-41/h8,20-22,24-42,49-60H,9-19H2,1-7H3/t20-,21+,22+,24-,25-,26-,27-,28-,29+,30+,31-,32-,33+,34-,35-,36-,37-,38-,39+,40-,41?,42+,44+,45+,46-,47-,48+/m1/s1. The van der Waals surface area contributed by atoms with E-state index >= 15 is 4.79 Å². The Kier molecular flexibility index (Phi) is 14.4. The van der Waals surface area contributed by atoms with E-state index < -0.39 is 134 Å². The van der Waals surface area contributed by atoms with Crippen molar-refractivity contribution in [3.8, 4) is 0 Å². The van der Waals surface area contributed by atoms with Gasteiger partial charge in [0, 0.05) is 5.41 Å². The van der Waals surface area contributed by atoms with Crippen molar-refractivity contribution >= 4 is 5.97 Å². The number of aliphatic hydroxyl groups is 12. The first-order chi connectivity index (χ1) is 31.4. The summed E-state index contributed by atoms with van der Waals surface area (Å²) in [5.41, 5.74) is -1.64. The number of ether oxygens (including phenoxy) is 6. The van der Waals surface area contributed by atoms with Crippen LogP contribution in [0.25, 0.3) is 0 Å². The zero-order valence-corrected chi connectivity index (χ0v) is 39.8. The number of fused-ring (bicyclic) bond motifs is 7. The van der Waals surface area contributed by atoms with Crippen LogP contribution in [0.2, 0.25) is 0 Å². The summed E-state index contributed by atoms with van der Waals surface area (Å²) in [7, 11) is 0. The summed E-state index contributed by atoms with van der Waals surface area (Å²) in [6.45, 7) is 13.0. The largest absolute Gasteiger partial charge is 0.432 e. The monoisotopic (exact) mass is 959 g/mol. The van der Waals surface area contributed by atoms with Crippen molar-refractivity contribution in [2.45, 2.75) is 204 Å². The second-order valence-corrected chi connectivity index (χ2v) is 22.9. The number of carbonyl (C=O) groups excluding carboxylic acids is 1. The van der Waals surface area contributed by atoms with E-state index in [1.54, 1.807) is 0 Å². The lowest BCUT2D eigenvalue weighted by Gasteiger charge is -2.71. The van der Waals surface area contributed by atoms with Crippen LogP contribution in [0.5, 0.6) is 0 Å². The molecule has 5 aliphatic carbocycles.